The number of ether oxygens (including phenoxy) is 1. The van der Waals surface area contributed by atoms with Gasteiger partial charge in [0.05, 0.1) is 6.61 Å². The zero-order chi connectivity index (χ0) is 9.68. The molecule has 0 aliphatic carbocycles. The van der Waals surface area contributed by atoms with Crippen molar-refractivity contribution in [3.8, 4) is 5.75 Å². The van der Waals surface area contributed by atoms with Gasteiger partial charge < -0.3 is 10.5 Å². The molecule has 2 nitrogen and oxygen atoms in total. The third-order valence-corrected chi connectivity index (χ3v) is 1.81. The molecule has 1 aromatic rings. The Bertz CT molecular complexity index is 288. The lowest BCUT2D eigenvalue weighted by atomic mass is 10.1. The first-order valence-corrected chi connectivity index (χ1v) is 4.38. The third-order valence-electron chi connectivity index (χ3n) is 1.81. The van der Waals surface area contributed by atoms with Gasteiger partial charge in [-0.15, -0.1) is 19.0 Å². The van der Waals surface area contributed by atoms with Crippen molar-refractivity contribution in [2.45, 2.75) is 13.0 Å². The zero-order valence-electron chi connectivity index (χ0n) is 8.27. The Balaban J connectivity index is 0.00000169. The molecular formula is C11H16ClNO. The van der Waals surface area contributed by atoms with Crippen LogP contribution in [0.1, 0.15) is 18.5 Å². The van der Waals surface area contributed by atoms with Crippen molar-refractivity contribution in [1.82, 2.24) is 0 Å². The summed E-state index contributed by atoms with van der Waals surface area (Å²) < 4.78 is 5.35. The Labute approximate surface area is 91.2 Å². The molecule has 0 amide bonds. The fourth-order valence-electron chi connectivity index (χ4n) is 1.11. The molecule has 1 atom stereocenters. The van der Waals surface area contributed by atoms with E-state index in [9.17, 15) is 0 Å². The van der Waals surface area contributed by atoms with E-state index in [1.165, 1.54) is 0 Å². The molecular weight excluding hydrogens is 198 g/mol. The molecule has 3 heteroatoms. The SMILES string of the molecule is C=C[C@@H](N)c1cccc(OCC)c1.Cl. The van der Waals surface area contributed by atoms with Crippen molar-refractivity contribution in [3.63, 3.8) is 0 Å². The Morgan fingerprint density at radius 3 is 2.86 bits per heavy atom. The minimum Gasteiger partial charge on any atom is -0.494 e. The van der Waals surface area contributed by atoms with Gasteiger partial charge in [0.25, 0.3) is 0 Å². The summed E-state index contributed by atoms with van der Waals surface area (Å²) in [6, 6.07) is 7.65. The Morgan fingerprint density at radius 2 is 2.29 bits per heavy atom. The van der Waals surface area contributed by atoms with Gasteiger partial charge in [-0.3, -0.25) is 0 Å². The summed E-state index contributed by atoms with van der Waals surface area (Å²) in [5.41, 5.74) is 6.81. The van der Waals surface area contributed by atoms with Crippen LogP contribution in [0.5, 0.6) is 5.75 Å². The second kappa shape index (κ2) is 6.46. The third kappa shape index (κ3) is 3.40. The van der Waals surface area contributed by atoms with Crippen LogP contribution < -0.4 is 10.5 Å². The van der Waals surface area contributed by atoms with Crippen LogP contribution in [-0.2, 0) is 0 Å². The monoisotopic (exact) mass is 213 g/mol. The summed E-state index contributed by atoms with van der Waals surface area (Å²) in [5, 5.41) is 0. The molecule has 0 aliphatic rings. The summed E-state index contributed by atoms with van der Waals surface area (Å²) in [6.45, 7) is 6.28. The Hall–Kier alpha value is -0.990. The number of hydrogen-bond acceptors (Lipinski definition) is 2. The largest absolute Gasteiger partial charge is 0.494 e. The van der Waals surface area contributed by atoms with Gasteiger partial charge >= 0.3 is 0 Å². The van der Waals surface area contributed by atoms with Gasteiger partial charge in [-0.25, -0.2) is 0 Å². The van der Waals surface area contributed by atoms with Crippen molar-refractivity contribution in [1.29, 1.82) is 0 Å². The lowest BCUT2D eigenvalue weighted by Gasteiger charge is -2.08. The minimum atomic E-state index is -0.111. The molecule has 0 spiro atoms. The highest BCUT2D eigenvalue weighted by molar-refractivity contribution is 5.85. The fourth-order valence-corrected chi connectivity index (χ4v) is 1.11. The highest BCUT2D eigenvalue weighted by Crippen LogP contribution is 2.18. The number of hydrogen-bond donors (Lipinski definition) is 1. The molecule has 1 rings (SSSR count). The maximum absolute atomic E-state index is 5.79. The first kappa shape index (κ1) is 13.0. The van der Waals surface area contributed by atoms with E-state index in [0.29, 0.717) is 6.61 Å². The normalized spacial score (nSPS) is 11.3. The quantitative estimate of drug-likeness (QED) is 0.781. The zero-order valence-corrected chi connectivity index (χ0v) is 9.09. The predicted molar refractivity (Wildman–Crippen MR) is 62.0 cm³/mol. The minimum absolute atomic E-state index is 0. The van der Waals surface area contributed by atoms with Crippen LogP contribution in [0.2, 0.25) is 0 Å². The van der Waals surface area contributed by atoms with Crippen molar-refractivity contribution >= 4 is 12.4 Å². The number of nitrogens with two attached hydrogens (primary N) is 1. The lowest BCUT2D eigenvalue weighted by Crippen LogP contribution is -2.06. The van der Waals surface area contributed by atoms with Crippen LogP contribution in [0.15, 0.2) is 36.9 Å². The van der Waals surface area contributed by atoms with Crippen molar-refractivity contribution in [3.05, 3.63) is 42.5 Å². The molecule has 1 aromatic carbocycles. The molecule has 0 bridgehead atoms. The average Bonchev–Trinajstić information content (AvgIpc) is 2.18. The van der Waals surface area contributed by atoms with Crippen molar-refractivity contribution in [2.24, 2.45) is 5.73 Å². The van der Waals surface area contributed by atoms with Crippen LogP contribution in [0, 0.1) is 0 Å². The Morgan fingerprint density at radius 1 is 1.57 bits per heavy atom. The smallest absolute Gasteiger partial charge is 0.119 e. The molecule has 0 unspecified atom stereocenters. The molecule has 0 saturated carbocycles. The molecule has 14 heavy (non-hydrogen) atoms. The van der Waals surface area contributed by atoms with Gasteiger partial charge in [-0.05, 0) is 24.6 Å². The van der Waals surface area contributed by atoms with Crippen LogP contribution >= 0.6 is 12.4 Å². The van der Waals surface area contributed by atoms with Crippen LogP contribution in [0.25, 0.3) is 0 Å². The number of rotatable bonds is 4. The number of halogens is 1. The molecule has 2 N–H and O–H groups in total. The molecule has 0 aliphatic heterocycles. The van der Waals surface area contributed by atoms with E-state index < -0.39 is 0 Å². The summed E-state index contributed by atoms with van der Waals surface area (Å²) in [7, 11) is 0. The van der Waals surface area contributed by atoms with E-state index in [2.05, 4.69) is 6.58 Å². The molecule has 78 valence electrons. The predicted octanol–water partition coefficient (Wildman–Crippen LogP) is 2.69. The lowest BCUT2D eigenvalue weighted by molar-refractivity contribution is 0.340. The first-order chi connectivity index (χ1) is 6.27. The van der Waals surface area contributed by atoms with Gasteiger partial charge in [0.1, 0.15) is 5.75 Å². The molecule has 0 fully saturated rings. The highest BCUT2D eigenvalue weighted by atomic mass is 35.5. The van der Waals surface area contributed by atoms with Gasteiger partial charge in [0, 0.05) is 6.04 Å². The van der Waals surface area contributed by atoms with E-state index in [1.54, 1.807) is 6.08 Å². The van der Waals surface area contributed by atoms with Gasteiger partial charge in [-0.2, -0.15) is 0 Å². The molecule has 0 heterocycles. The van der Waals surface area contributed by atoms with E-state index in [-0.39, 0.29) is 18.4 Å². The maximum Gasteiger partial charge on any atom is 0.119 e. The number of benzene rings is 1. The van der Waals surface area contributed by atoms with E-state index in [0.717, 1.165) is 11.3 Å². The van der Waals surface area contributed by atoms with Crippen LogP contribution in [0.4, 0.5) is 0 Å². The standard InChI is InChI=1S/C11H15NO.ClH/c1-3-11(12)9-6-5-7-10(8-9)13-4-2;/h3,5-8,11H,1,4,12H2,2H3;1H/t11-;/m1./s1. The second-order valence-electron chi connectivity index (χ2n) is 2.77. The summed E-state index contributed by atoms with van der Waals surface area (Å²) in [6.07, 6.45) is 1.71. The van der Waals surface area contributed by atoms with Crippen molar-refractivity contribution in [2.75, 3.05) is 6.61 Å². The van der Waals surface area contributed by atoms with E-state index in [1.807, 2.05) is 31.2 Å². The highest BCUT2D eigenvalue weighted by Gasteiger charge is 2.01. The van der Waals surface area contributed by atoms with Crippen LogP contribution in [0.3, 0.4) is 0 Å². The average molecular weight is 214 g/mol. The van der Waals surface area contributed by atoms with E-state index >= 15 is 0 Å². The molecule has 0 radical (unpaired) electrons. The maximum atomic E-state index is 5.79. The Kier molecular flexibility index (Phi) is 6.00. The van der Waals surface area contributed by atoms with Gasteiger partial charge in [0.15, 0.2) is 0 Å². The molecule has 0 saturated heterocycles. The van der Waals surface area contributed by atoms with Crippen molar-refractivity contribution < 1.29 is 4.74 Å². The fraction of sp³-hybridized carbons (Fsp3) is 0.273. The summed E-state index contributed by atoms with van der Waals surface area (Å²) in [5.74, 6) is 0.859. The van der Waals surface area contributed by atoms with Crippen LogP contribution in [-0.4, -0.2) is 6.61 Å². The molecule has 0 aromatic heterocycles. The first-order valence-electron chi connectivity index (χ1n) is 4.38. The van der Waals surface area contributed by atoms with E-state index in [4.69, 9.17) is 10.5 Å². The summed E-state index contributed by atoms with van der Waals surface area (Å²) >= 11 is 0. The topological polar surface area (TPSA) is 35.2 Å². The summed E-state index contributed by atoms with van der Waals surface area (Å²) in [4.78, 5) is 0. The second-order valence-corrected chi connectivity index (χ2v) is 2.77. The van der Waals surface area contributed by atoms with Gasteiger partial charge in [-0.1, -0.05) is 18.2 Å². The van der Waals surface area contributed by atoms with Gasteiger partial charge in [0.2, 0.25) is 0 Å².